The summed E-state index contributed by atoms with van der Waals surface area (Å²) in [6.45, 7) is 4.34. The fourth-order valence-electron chi connectivity index (χ4n) is 6.69. The van der Waals surface area contributed by atoms with Crippen LogP contribution < -0.4 is 30.9 Å². The highest BCUT2D eigenvalue weighted by Gasteiger charge is 2.42. The fourth-order valence-corrected chi connectivity index (χ4v) is 8.99. The number of carbonyl (C=O) groups excluding carboxylic acids is 3. The number of urea groups is 1. The van der Waals surface area contributed by atoms with Crippen molar-refractivity contribution in [2.24, 2.45) is 5.92 Å². The van der Waals surface area contributed by atoms with E-state index in [0.717, 1.165) is 78.3 Å². The highest BCUT2D eigenvalue weighted by Crippen LogP contribution is 2.34. The summed E-state index contributed by atoms with van der Waals surface area (Å²) in [4.78, 5) is 49.5. The van der Waals surface area contributed by atoms with Crippen LogP contribution in [-0.4, -0.2) is 110 Å². The number of aromatic nitrogens is 2. The van der Waals surface area contributed by atoms with Gasteiger partial charge in [-0.15, -0.1) is 11.3 Å². The number of methoxy groups -OCH3 is 1. The number of amides is 3. The lowest BCUT2D eigenvalue weighted by molar-refractivity contribution is -0.121. The third kappa shape index (κ3) is 9.56. The van der Waals surface area contributed by atoms with Crippen LogP contribution in [-0.2, 0) is 14.3 Å². The Labute approximate surface area is 301 Å². The number of ether oxygens (including phenoxy) is 3. The first-order valence-electron chi connectivity index (χ1n) is 17.5. The largest absolute Gasteiger partial charge is 0.497 e. The second kappa shape index (κ2) is 18.0. The first-order valence-corrected chi connectivity index (χ1v) is 19.4. The van der Waals surface area contributed by atoms with Crippen molar-refractivity contribution in [3.63, 3.8) is 0 Å². The Morgan fingerprint density at radius 3 is 2.54 bits per heavy atom. The van der Waals surface area contributed by atoms with Crippen LogP contribution in [0.2, 0.25) is 0 Å². The number of thiophene rings is 1. The van der Waals surface area contributed by atoms with Gasteiger partial charge in [0.25, 0.3) is 0 Å². The molecule has 1 unspecified atom stereocenters. The zero-order valence-electron chi connectivity index (χ0n) is 28.5. The first kappa shape index (κ1) is 36.1. The Morgan fingerprint density at radius 2 is 1.76 bits per heavy atom. The van der Waals surface area contributed by atoms with E-state index < -0.39 is 0 Å². The molecule has 15 heteroatoms. The van der Waals surface area contributed by atoms with E-state index in [4.69, 9.17) is 24.2 Å². The number of benzene rings is 1. The van der Waals surface area contributed by atoms with E-state index in [1.54, 1.807) is 18.4 Å². The molecule has 2 aromatic heterocycles. The Kier molecular flexibility index (Phi) is 13.0. The third-order valence-corrected chi connectivity index (χ3v) is 11.7. The maximum absolute atomic E-state index is 13.1. The molecule has 1 aromatic carbocycles. The summed E-state index contributed by atoms with van der Waals surface area (Å²) in [6, 6.07) is 9.81. The minimum Gasteiger partial charge on any atom is -0.497 e. The molecule has 3 atom stereocenters. The lowest BCUT2D eigenvalue weighted by Gasteiger charge is -2.32. The first-order chi connectivity index (χ1) is 24.5. The van der Waals surface area contributed by atoms with E-state index in [1.807, 2.05) is 41.4 Å². The topological polar surface area (TPSA) is 156 Å². The number of carbonyl (C=O) groups is 3. The van der Waals surface area contributed by atoms with E-state index in [-0.39, 0.29) is 35.7 Å². The van der Waals surface area contributed by atoms with Gasteiger partial charge in [-0.3, -0.25) is 9.59 Å². The van der Waals surface area contributed by atoms with E-state index in [9.17, 15) is 14.4 Å². The smallest absolute Gasteiger partial charge is 0.315 e. The number of thioether (sulfide) groups is 1. The van der Waals surface area contributed by atoms with Crippen LogP contribution in [0.1, 0.15) is 48.9 Å². The van der Waals surface area contributed by atoms with E-state index in [0.29, 0.717) is 57.1 Å². The Hall–Kier alpha value is -3.66. The van der Waals surface area contributed by atoms with Crippen molar-refractivity contribution in [2.75, 3.05) is 75.7 Å². The van der Waals surface area contributed by atoms with Crippen molar-refractivity contribution in [2.45, 2.75) is 55.9 Å². The quantitative estimate of drug-likeness (QED) is 0.0803. The van der Waals surface area contributed by atoms with Gasteiger partial charge in [0.15, 0.2) is 5.78 Å². The highest BCUT2D eigenvalue weighted by molar-refractivity contribution is 8.00. The molecule has 0 radical (unpaired) electrons. The average Bonchev–Trinajstić information content (AvgIpc) is 3.87. The maximum Gasteiger partial charge on any atom is 0.315 e. The lowest BCUT2D eigenvalue weighted by Crippen LogP contribution is -2.37. The van der Waals surface area contributed by atoms with Crippen molar-refractivity contribution >= 4 is 62.8 Å². The Balaban J connectivity index is 0.816. The second-order valence-electron chi connectivity index (χ2n) is 12.7. The van der Waals surface area contributed by atoms with Crippen molar-refractivity contribution in [1.82, 2.24) is 25.9 Å². The van der Waals surface area contributed by atoms with Crippen LogP contribution in [0.15, 0.2) is 35.7 Å². The molecule has 270 valence electrons. The zero-order chi connectivity index (χ0) is 34.7. The molecule has 0 saturated carbocycles. The molecule has 13 nitrogen and oxygen atoms in total. The Bertz CT molecular complexity index is 1580. The van der Waals surface area contributed by atoms with Gasteiger partial charge < -0.3 is 40.4 Å². The number of ketones is 1. The van der Waals surface area contributed by atoms with Gasteiger partial charge in [-0.25, -0.2) is 9.78 Å². The number of hydrogen-bond acceptors (Lipinski definition) is 12. The molecule has 0 aliphatic carbocycles. The highest BCUT2D eigenvalue weighted by atomic mass is 32.2. The maximum atomic E-state index is 13.1. The summed E-state index contributed by atoms with van der Waals surface area (Å²) < 4.78 is 16.6. The minimum absolute atomic E-state index is 0.00944. The molecular weight excluding hydrogens is 679 g/mol. The summed E-state index contributed by atoms with van der Waals surface area (Å²) in [5.74, 6) is 3.38. The molecule has 3 aliphatic rings. The SMILES string of the molecule is COc1ccc(C(=O)C2CCN(c3nc(NCCOCCOCCNC(=O)CCCCC4SC[C@@H]5NC(=O)N[C@H]45)nc4sccc34)CC2)cc1. The molecule has 3 amide bonds. The number of fused-ring (bicyclic) bond motifs is 2. The fraction of sp³-hybridized carbons (Fsp3) is 0.571. The van der Waals surface area contributed by atoms with Crippen LogP contribution >= 0.6 is 23.1 Å². The number of unbranched alkanes of at least 4 members (excludes halogenated alkanes) is 1. The van der Waals surface area contributed by atoms with Gasteiger partial charge in [0.2, 0.25) is 11.9 Å². The van der Waals surface area contributed by atoms with Gasteiger partial charge in [0, 0.05) is 55.1 Å². The molecule has 3 aromatic rings. The van der Waals surface area contributed by atoms with Crippen molar-refractivity contribution < 1.29 is 28.6 Å². The minimum atomic E-state index is -0.0611. The predicted octanol–water partition coefficient (Wildman–Crippen LogP) is 4.09. The summed E-state index contributed by atoms with van der Waals surface area (Å²) in [7, 11) is 1.62. The number of rotatable bonds is 19. The number of nitrogens with zero attached hydrogens (tertiary/aromatic N) is 3. The van der Waals surface area contributed by atoms with Crippen LogP contribution in [0, 0.1) is 5.92 Å². The number of piperidine rings is 1. The van der Waals surface area contributed by atoms with E-state index in [1.165, 1.54) is 0 Å². The molecular formula is C35H47N7O6S2. The Morgan fingerprint density at radius 1 is 0.980 bits per heavy atom. The van der Waals surface area contributed by atoms with Gasteiger partial charge in [-0.2, -0.15) is 16.7 Å². The standard InChI is InChI=1S/C35H47N7O6S2/c1-46-25-8-6-23(7-9-25)31(44)24-10-15-42(16-11-24)32-26-12-21-49-33(26)41-34(40-32)37-14-18-48-20-19-47-17-13-36-29(43)5-3-2-4-28-30-27(22-50-28)38-35(45)39-30/h6-9,12,21,24,27-28,30H,2-5,10-11,13-20,22H2,1H3,(H,36,43)(H,37,40,41)(H2,38,39,45)/t27-,28?,30-/m0/s1. The summed E-state index contributed by atoms with van der Waals surface area (Å²) in [5, 5.41) is 15.7. The molecule has 0 bridgehead atoms. The number of nitrogens with one attached hydrogen (secondary N) is 4. The summed E-state index contributed by atoms with van der Waals surface area (Å²) in [5.41, 5.74) is 0.728. The molecule has 3 saturated heterocycles. The molecule has 4 N–H and O–H groups in total. The predicted molar refractivity (Wildman–Crippen MR) is 197 cm³/mol. The number of hydrogen-bond donors (Lipinski definition) is 4. The van der Waals surface area contributed by atoms with Crippen LogP contribution in [0.3, 0.4) is 0 Å². The van der Waals surface area contributed by atoms with Crippen molar-refractivity contribution in [3.8, 4) is 5.75 Å². The monoisotopic (exact) mass is 725 g/mol. The third-order valence-electron chi connectivity index (χ3n) is 9.40. The van der Waals surface area contributed by atoms with Crippen molar-refractivity contribution in [1.29, 1.82) is 0 Å². The van der Waals surface area contributed by atoms with E-state index in [2.05, 4.69) is 32.2 Å². The summed E-state index contributed by atoms with van der Waals surface area (Å²) in [6.07, 6.45) is 4.86. The summed E-state index contributed by atoms with van der Waals surface area (Å²) >= 11 is 3.49. The van der Waals surface area contributed by atoms with E-state index >= 15 is 0 Å². The van der Waals surface area contributed by atoms with Gasteiger partial charge >= 0.3 is 6.03 Å². The molecule has 3 aliphatic heterocycles. The molecule has 50 heavy (non-hydrogen) atoms. The molecule has 3 fully saturated rings. The van der Waals surface area contributed by atoms with Crippen LogP contribution in [0.25, 0.3) is 10.2 Å². The van der Waals surface area contributed by atoms with Gasteiger partial charge in [0.1, 0.15) is 16.4 Å². The zero-order valence-corrected chi connectivity index (χ0v) is 30.1. The normalized spacial score (nSPS) is 20.4. The second-order valence-corrected chi connectivity index (χ2v) is 14.9. The molecule has 0 spiro atoms. The van der Waals surface area contributed by atoms with Crippen LogP contribution in [0.5, 0.6) is 5.75 Å². The number of anilines is 2. The molecule has 6 rings (SSSR count). The number of Topliss-reactive ketones (excluding diaryl/α,β-unsaturated/α-hetero) is 1. The van der Waals surface area contributed by atoms with Crippen molar-refractivity contribution in [3.05, 3.63) is 41.3 Å². The lowest BCUT2D eigenvalue weighted by atomic mass is 9.89. The average molecular weight is 726 g/mol. The van der Waals surface area contributed by atoms with Gasteiger partial charge in [0.05, 0.1) is 51.0 Å². The molecule has 5 heterocycles. The van der Waals surface area contributed by atoms with Gasteiger partial charge in [-0.1, -0.05) is 6.42 Å². The van der Waals surface area contributed by atoms with Crippen LogP contribution in [0.4, 0.5) is 16.6 Å². The van der Waals surface area contributed by atoms with Gasteiger partial charge in [-0.05, 0) is 61.4 Å².